The maximum absolute atomic E-state index is 12.2. The number of hydrogen-bond donors (Lipinski definition) is 2. The van der Waals surface area contributed by atoms with Crippen LogP contribution in [0.2, 0.25) is 0 Å². The molecule has 0 unspecified atom stereocenters. The van der Waals surface area contributed by atoms with Crippen molar-refractivity contribution in [2.24, 2.45) is 0 Å². The van der Waals surface area contributed by atoms with E-state index in [0.717, 1.165) is 23.1 Å². The first-order valence-corrected chi connectivity index (χ1v) is 7.64. The van der Waals surface area contributed by atoms with Crippen LogP contribution in [0, 0.1) is 0 Å². The smallest absolute Gasteiger partial charge is 0.263 e. The van der Waals surface area contributed by atoms with Crippen LogP contribution in [0.5, 0.6) is 5.75 Å². The standard InChI is InChI=1S/C15H21N3O2S/c1-18(2)9-5-8-17-15(19)14-13(16)12-10(20-3)6-4-7-11(12)21-14/h4,6-7H,5,8-9,16H2,1-3H3,(H,17,19). The number of anilines is 1. The van der Waals surface area contributed by atoms with Gasteiger partial charge in [0.15, 0.2) is 0 Å². The van der Waals surface area contributed by atoms with Crippen molar-refractivity contribution in [3.63, 3.8) is 0 Å². The van der Waals surface area contributed by atoms with Gasteiger partial charge in [-0.2, -0.15) is 0 Å². The molecule has 0 saturated carbocycles. The van der Waals surface area contributed by atoms with E-state index < -0.39 is 0 Å². The molecular formula is C15H21N3O2S. The average molecular weight is 307 g/mol. The lowest BCUT2D eigenvalue weighted by Crippen LogP contribution is -2.27. The molecule has 0 spiro atoms. The second kappa shape index (κ2) is 6.78. The molecule has 1 aromatic heterocycles. The zero-order valence-electron chi connectivity index (χ0n) is 12.6. The number of nitrogens with two attached hydrogens (primary N) is 1. The van der Waals surface area contributed by atoms with Gasteiger partial charge in [-0.3, -0.25) is 4.79 Å². The molecule has 1 aromatic carbocycles. The molecule has 0 bridgehead atoms. The van der Waals surface area contributed by atoms with Crippen molar-refractivity contribution in [2.75, 3.05) is 40.0 Å². The topological polar surface area (TPSA) is 67.6 Å². The summed E-state index contributed by atoms with van der Waals surface area (Å²) in [6.07, 6.45) is 0.910. The zero-order valence-corrected chi connectivity index (χ0v) is 13.4. The molecule has 21 heavy (non-hydrogen) atoms. The Kier molecular flexibility index (Phi) is 5.03. The summed E-state index contributed by atoms with van der Waals surface area (Å²) >= 11 is 1.40. The van der Waals surface area contributed by atoms with E-state index in [1.807, 2.05) is 32.3 Å². The Labute approximate surface area is 128 Å². The Morgan fingerprint density at radius 3 is 2.86 bits per heavy atom. The van der Waals surface area contributed by atoms with E-state index in [9.17, 15) is 4.79 Å². The molecule has 0 fully saturated rings. The molecular weight excluding hydrogens is 286 g/mol. The summed E-state index contributed by atoms with van der Waals surface area (Å²) < 4.78 is 6.28. The Bertz CT molecular complexity index is 637. The number of benzene rings is 1. The molecule has 2 aromatic rings. The number of rotatable bonds is 6. The summed E-state index contributed by atoms with van der Waals surface area (Å²) in [6, 6.07) is 5.70. The number of fused-ring (bicyclic) bond motifs is 1. The van der Waals surface area contributed by atoms with Crippen molar-refractivity contribution in [1.82, 2.24) is 10.2 Å². The molecule has 0 saturated heterocycles. The Morgan fingerprint density at radius 2 is 2.19 bits per heavy atom. The number of nitrogens with one attached hydrogen (secondary N) is 1. The molecule has 1 heterocycles. The van der Waals surface area contributed by atoms with Crippen molar-refractivity contribution in [3.8, 4) is 5.75 Å². The van der Waals surface area contributed by atoms with Crippen LogP contribution < -0.4 is 15.8 Å². The number of amides is 1. The summed E-state index contributed by atoms with van der Waals surface area (Å²) in [5.41, 5.74) is 6.63. The first kappa shape index (κ1) is 15.6. The minimum absolute atomic E-state index is 0.116. The largest absolute Gasteiger partial charge is 0.496 e. The number of hydrogen-bond acceptors (Lipinski definition) is 5. The monoisotopic (exact) mass is 307 g/mol. The second-order valence-electron chi connectivity index (χ2n) is 5.09. The average Bonchev–Trinajstić information content (AvgIpc) is 2.80. The van der Waals surface area contributed by atoms with Crippen molar-refractivity contribution in [1.29, 1.82) is 0 Å². The van der Waals surface area contributed by atoms with Crippen molar-refractivity contribution in [2.45, 2.75) is 6.42 Å². The molecule has 0 atom stereocenters. The van der Waals surface area contributed by atoms with Gasteiger partial charge in [0, 0.05) is 11.2 Å². The van der Waals surface area contributed by atoms with E-state index in [1.54, 1.807) is 7.11 Å². The number of nitrogens with zero attached hydrogens (tertiary/aromatic N) is 1. The summed E-state index contributed by atoms with van der Waals surface area (Å²) in [5, 5.41) is 3.74. The van der Waals surface area contributed by atoms with Gasteiger partial charge in [-0.25, -0.2) is 0 Å². The fourth-order valence-corrected chi connectivity index (χ4v) is 3.21. The summed E-state index contributed by atoms with van der Waals surface area (Å²) in [6.45, 7) is 1.58. The third-order valence-electron chi connectivity index (χ3n) is 3.21. The normalized spacial score (nSPS) is 11.0. The van der Waals surface area contributed by atoms with Crippen LogP contribution in [0.4, 0.5) is 5.69 Å². The molecule has 114 valence electrons. The summed E-state index contributed by atoms with van der Waals surface area (Å²) in [5.74, 6) is 0.586. The minimum Gasteiger partial charge on any atom is -0.496 e. The molecule has 5 nitrogen and oxygen atoms in total. The fourth-order valence-electron chi connectivity index (χ4n) is 2.16. The summed E-state index contributed by atoms with van der Waals surface area (Å²) in [7, 11) is 5.63. The van der Waals surface area contributed by atoms with Crippen LogP contribution in [0.15, 0.2) is 18.2 Å². The van der Waals surface area contributed by atoms with E-state index in [1.165, 1.54) is 11.3 Å². The number of ether oxygens (including phenoxy) is 1. The van der Waals surface area contributed by atoms with Crippen molar-refractivity contribution < 1.29 is 9.53 Å². The predicted molar refractivity (Wildman–Crippen MR) is 88.3 cm³/mol. The van der Waals surface area contributed by atoms with Gasteiger partial charge in [0.25, 0.3) is 5.91 Å². The van der Waals surface area contributed by atoms with Crippen LogP contribution in [0.1, 0.15) is 16.1 Å². The second-order valence-corrected chi connectivity index (χ2v) is 6.14. The van der Waals surface area contributed by atoms with E-state index in [-0.39, 0.29) is 5.91 Å². The third kappa shape index (κ3) is 3.46. The molecule has 1 amide bonds. The van der Waals surface area contributed by atoms with Crippen LogP contribution in [0.25, 0.3) is 10.1 Å². The summed E-state index contributed by atoms with van der Waals surface area (Å²) in [4.78, 5) is 14.9. The maximum atomic E-state index is 12.2. The number of methoxy groups -OCH3 is 1. The van der Waals surface area contributed by atoms with Gasteiger partial charge in [-0.05, 0) is 39.2 Å². The van der Waals surface area contributed by atoms with E-state index in [4.69, 9.17) is 10.5 Å². The van der Waals surface area contributed by atoms with Crippen LogP contribution in [-0.2, 0) is 0 Å². The van der Waals surface area contributed by atoms with Crippen LogP contribution in [-0.4, -0.2) is 45.1 Å². The van der Waals surface area contributed by atoms with Gasteiger partial charge in [-0.15, -0.1) is 11.3 Å². The number of thiophene rings is 1. The lowest BCUT2D eigenvalue weighted by molar-refractivity contribution is 0.0957. The maximum Gasteiger partial charge on any atom is 0.263 e. The Hall–Kier alpha value is -1.79. The molecule has 0 aliphatic carbocycles. The minimum atomic E-state index is -0.116. The van der Waals surface area contributed by atoms with Crippen molar-refractivity contribution >= 4 is 33.0 Å². The molecule has 0 aliphatic rings. The molecule has 0 aliphatic heterocycles. The van der Waals surface area contributed by atoms with Gasteiger partial charge < -0.3 is 20.7 Å². The Balaban J connectivity index is 2.15. The molecule has 6 heteroatoms. The van der Waals surface area contributed by atoms with Gasteiger partial charge in [0.05, 0.1) is 18.2 Å². The number of carbonyl (C=O) groups excluding carboxylic acids is 1. The van der Waals surface area contributed by atoms with Gasteiger partial charge >= 0.3 is 0 Å². The van der Waals surface area contributed by atoms with E-state index >= 15 is 0 Å². The highest BCUT2D eigenvalue weighted by Gasteiger charge is 2.18. The number of nitrogen functional groups attached to an aromatic ring is 1. The fraction of sp³-hybridized carbons (Fsp3) is 0.400. The lowest BCUT2D eigenvalue weighted by Gasteiger charge is -2.09. The third-order valence-corrected chi connectivity index (χ3v) is 4.38. The molecule has 3 N–H and O–H groups in total. The van der Waals surface area contributed by atoms with Crippen LogP contribution in [0.3, 0.4) is 0 Å². The highest BCUT2D eigenvalue weighted by Crippen LogP contribution is 2.39. The van der Waals surface area contributed by atoms with Gasteiger partial charge in [0.1, 0.15) is 10.6 Å². The van der Waals surface area contributed by atoms with Gasteiger partial charge in [0.2, 0.25) is 0 Å². The van der Waals surface area contributed by atoms with E-state index in [2.05, 4.69) is 10.2 Å². The molecule has 0 radical (unpaired) electrons. The quantitative estimate of drug-likeness (QED) is 0.803. The lowest BCUT2D eigenvalue weighted by atomic mass is 10.2. The number of carbonyl (C=O) groups is 1. The van der Waals surface area contributed by atoms with Crippen LogP contribution >= 0.6 is 11.3 Å². The zero-order chi connectivity index (χ0) is 15.4. The first-order valence-electron chi connectivity index (χ1n) is 6.82. The SMILES string of the molecule is COc1cccc2sc(C(=O)NCCCN(C)C)c(N)c12. The molecule has 2 rings (SSSR count). The van der Waals surface area contributed by atoms with Gasteiger partial charge in [-0.1, -0.05) is 6.07 Å². The van der Waals surface area contributed by atoms with Crippen molar-refractivity contribution in [3.05, 3.63) is 23.1 Å². The highest BCUT2D eigenvalue weighted by atomic mass is 32.1. The highest BCUT2D eigenvalue weighted by molar-refractivity contribution is 7.21. The first-order chi connectivity index (χ1) is 10.0. The van der Waals surface area contributed by atoms with E-state index in [0.29, 0.717) is 22.9 Å². The predicted octanol–water partition coefficient (Wildman–Crippen LogP) is 2.17. The Morgan fingerprint density at radius 1 is 1.43 bits per heavy atom.